The summed E-state index contributed by atoms with van der Waals surface area (Å²) in [6, 6.07) is 13.2. The molecule has 2 aromatic rings. The van der Waals surface area contributed by atoms with Crippen molar-refractivity contribution < 1.29 is 9.59 Å². The Balaban J connectivity index is 1.73. The fraction of sp³-hybridized carbons (Fsp3) is 0.208. The summed E-state index contributed by atoms with van der Waals surface area (Å²) in [6.07, 6.45) is 3.84. The Morgan fingerprint density at radius 1 is 1.10 bits per heavy atom. The number of carbonyl (C=O) groups is 2. The molecule has 2 amide bonds. The van der Waals surface area contributed by atoms with Gasteiger partial charge in [0.05, 0.1) is 11.2 Å². The molecule has 0 bridgehead atoms. The number of fused-ring (bicyclic) bond motifs is 1. The third-order valence-electron chi connectivity index (χ3n) is 5.74. The first-order valence-corrected chi connectivity index (χ1v) is 11.0. The molecule has 0 saturated carbocycles. The highest BCUT2D eigenvalue weighted by Crippen LogP contribution is 2.38. The summed E-state index contributed by atoms with van der Waals surface area (Å²) >= 11 is 8.65. The van der Waals surface area contributed by atoms with E-state index in [1.807, 2.05) is 30.3 Å². The van der Waals surface area contributed by atoms with Crippen molar-refractivity contribution in [3.05, 3.63) is 69.7 Å². The third kappa shape index (κ3) is 3.83. The lowest BCUT2D eigenvalue weighted by molar-refractivity contribution is -0.122. The monoisotopic (exact) mass is 495 g/mol. The molecule has 4 rings (SSSR count). The van der Waals surface area contributed by atoms with Crippen LogP contribution in [0.2, 0.25) is 0 Å². The minimum absolute atomic E-state index is 0.0441. The summed E-state index contributed by atoms with van der Waals surface area (Å²) in [5.41, 5.74) is 4.69. The van der Waals surface area contributed by atoms with E-state index in [0.29, 0.717) is 5.69 Å². The highest BCUT2D eigenvalue weighted by atomic mass is 79.9. The Morgan fingerprint density at radius 2 is 1.77 bits per heavy atom. The Kier molecular flexibility index (Phi) is 5.35. The van der Waals surface area contributed by atoms with Crippen LogP contribution in [0.5, 0.6) is 0 Å². The molecule has 0 unspecified atom stereocenters. The first-order valence-electron chi connectivity index (χ1n) is 9.83. The molecule has 1 N–H and O–H groups in total. The van der Waals surface area contributed by atoms with Gasteiger partial charge in [0.1, 0.15) is 5.57 Å². The zero-order valence-electron chi connectivity index (χ0n) is 17.7. The number of nitrogens with one attached hydrogen (secondary N) is 1. The summed E-state index contributed by atoms with van der Waals surface area (Å²) in [5.74, 6) is -0.939. The average molecular weight is 496 g/mol. The predicted octanol–water partition coefficient (Wildman–Crippen LogP) is 4.91. The number of thiocarbonyl (C=S) groups is 1. The van der Waals surface area contributed by atoms with Crippen molar-refractivity contribution in [2.24, 2.45) is 0 Å². The van der Waals surface area contributed by atoms with Gasteiger partial charge in [-0.05, 0) is 86.6 Å². The van der Waals surface area contributed by atoms with E-state index >= 15 is 0 Å². The Labute approximate surface area is 195 Å². The zero-order chi connectivity index (χ0) is 22.5. The van der Waals surface area contributed by atoms with Gasteiger partial charge in [-0.3, -0.25) is 19.8 Å². The molecule has 0 spiro atoms. The van der Waals surface area contributed by atoms with Gasteiger partial charge in [0.2, 0.25) is 0 Å². The molecule has 158 valence electrons. The first-order chi connectivity index (χ1) is 14.6. The number of rotatable bonds is 2. The minimum atomic E-state index is -0.494. The van der Waals surface area contributed by atoms with Crippen LogP contribution in [0.3, 0.4) is 0 Å². The largest absolute Gasteiger partial charge is 0.366 e. The molecule has 5 nitrogen and oxygen atoms in total. The van der Waals surface area contributed by atoms with Gasteiger partial charge < -0.3 is 4.90 Å². The second-order valence-electron chi connectivity index (χ2n) is 8.25. The lowest BCUT2D eigenvalue weighted by Crippen LogP contribution is -2.54. The molecule has 0 aliphatic carbocycles. The van der Waals surface area contributed by atoms with Crippen LogP contribution in [-0.4, -0.2) is 29.5 Å². The fourth-order valence-electron chi connectivity index (χ4n) is 3.92. The zero-order valence-corrected chi connectivity index (χ0v) is 20.1. The van der Waals surface area contributed by atoms with E-state index in [0.717, 1.165) is 26.9 Å². The van der Waals surface area contributed by atoms with E-state index in [1.165, 1.54) is 4.90 Å². The van der Waals surface area contributed by atoms with E-state index in [2.05, 4.69) is 60.0 Å². The molecule has 0 atom stereocenters. The van der Waals surface area contributed by atoms with Crippen molar-refractivity contribution >= 4 is 68.1 Å². The van der Waals surface area contributed by atoms with Gasteiger partial charge in [0.15, 0.2) is 5.11 Å². The SMILES string of the molecule is CC1=CC(C)(C)N(C)c2ccc(/C=C3\C(=O)NC(=S)N(c4ccc(Br)cc4)C3=O)cc21. The molecule has 1 fully saturated rings. The van der Waals surface area contributed by atoms with E-state index in [1.54, 1.807) is 18.2 Å². The summed E-state index contributed by atoms with van der Waals surface area (Å²) in [7, 11) is 2.06. The second-order valence-corrected chi connectivity index (χ2v) is 9.55. The summed E-state index contributed by atoms with van der Waals surface area (Å²) in [4.78, 5) is 29.4. The van der Waals surface area contributed by atoms with Crippen molar-refractivity contribution in [1.82, 2.24) is 5.32 Å². The standard InChI is InChI=1S/C24H22BrN3O2S/c1-14-13-24(2,3)27(4)20-10-5-15(11-18(14)20)12-19-21(29)26-23(31)28(22(19)30)17-8-6-16(25)7-9-17/h5-13H,1-4H3,(H,26,29,31)/b19-12+. The molecule has 2 aliphatic heterocycles. The van der Waals surface area contributed by atoms with Gasteiger partial charge in [0, 0.05) is 22.8 Å². The molecule has 1 saturated heterocycles. The van der Waals surface area contributed by atoms with Gasteiger partial charge >= 0.3 is 0 Å². The molecule has 7 heteroatoms. The van der Waals surface area contributed by atoms with Crippen LogP contribution in [0.25, 0.3) is 11.6 Å². The van der Waals surface area contributed by atoms with Gasteiger partial charge in [-0.1, -0.05) is 28.1 Å². The van der Waals surface area contributed by atoms with Gasteiger partial charge in [-0.15, -0.1) is 0 Å². The lowest BCUT2D eigenvalue weighted by Gasteiger charge is -2.40. The Bertz CT molecular complexity index is 1180. The van der Waals surface area contributed by atoms with Crippen molar-refractivity contribution in [2.45, 2.75) is 26.3 Å². The quantitative estimate of drug-likeness (QED) is 0.365. The molecule has 2 aliphatic rings. The number of amides is 2. The number of hydrogen-bond acceptors (Lipinski definition) is 4. The summed E-state index contributed by atoms with van der Waals surface area (Å²) in [6.45, 7) is 6.41. The van der Waals surface area contributed by atoms with Gasteiger partial charge in [-0.25, -0.2) is 0 Å². The molecular formula is C24H22BrN3O2S. The number of likely N-dealkylation sites (N-methyl/N-ethyl adjacent to an activating group) is 1. The highest BCUT2D eigenvalue weighted by Gasteiger charge is 2.34. The van der Waals surface area contributed by atoms with Crippen LogP contribution in [0.15, 0.2) is 58.6 Å². The maximum Gasteiger partial charge on any atom is 0.270 e. The van der Waals surface area contributed by atoms with Crippen LogP contribution in [0.1, 0.15) is 31.9 Å². The number of carbonyl (C=O) groups excluding carboxylic acids is 2. The van der Waals surface area contributed by atoms with E-state index in [4.69, 9.17) is 12.2 Å². The Hall–Kier alpha value is -2.77. The topological polar surface area (TPSA) is 52.7 Å². The minimum Gasteiger partial charge on any atom is -0.366 e. The van der Waals surface area contributed by atoms with Crippen molar-refractivity contribution in [2.75, 3.05) is 16.8 Å². The summed E-state index contributed by atoms with van der Waals surface area (Å²) < 4.78 is 0.886. The smallest absolute Gasteiger partial charge is 0.270 e. The maximum atomic E-state index is 13.2. The molecule has 0 aromatic heterocycles. The first kappa shape index (κ1) is 21.5. The normalized spacial score (nSPS) is 19.3. The third-order valence-corrected chi connectivity index (χ3v) is 6.55. The van der Waals surface area contributed by atoms with Crippen molar-refractivity contribution in [3.63, 3.8) is 0 Å². The second kappa shape index (κ2) is 7.73. The van der Waals surface area contributed by atoms with Crippen molar-refractivity contribution in [1.29, 1.82) is 0 Å². The lowest BCUT2D eigenvalue weighted by atomic mass is 9.88. The predicted molar refractivity (Wildman–Crippen MR) is 133 cm³/mol. The van der Waals surface area contributed by atoms with E-state index < -0.39 is 11.8 Å². The van der Waals surface area contributed by atoms with Crippen LogP contribution >= 0.6 is 28.1 Å². The highest BCUT2D eigenvalue weighted by molar-refractivity contribution is 9.10. The summed E-state index contributed by atoms with van der Waals surface area (Å²) in [5, 5.41) is 2.70. The number of hydrogen-bond donors (Lipinski definition) is 1. The maximum absolute atomic E-state index is 13.2. The number of benzene rings is 2. The number of allylic oxidation sites excluding steroid dienone is 1. The van der Waals surface area contributed by atoms with Gasteiger partial charge in [-0.2, -0.15) is 0 Å². The molecule has 2 heterocycles. The van der Waals surface area contributed by atoms with Crippen LogP contribution in [0, 0.1) is 0 Å². The van der Waals surface area contributed by atoms with Crippen LogP contribution < -0.4 is 15.1 Å². The Morgan fingerprint density at radius 3 is 2.45 bits per heavy atom. The molecule has 2 aromatic carbocycles. The van der Waals surface area contributed by atoms with Crippen molar-refractivity contribution in [3.8, 4) is 0 Å². The van der Waals surface area contributed by atoms with Crippen LogP contribution in [-0.2, 0) is 9.59 Å². The number of halogens is 1. The molecule has 31 heavy (non-hydrogen) atoms. The average Bonchev–Trinajstić information content (AvgIpc) is 2.70. The van der Waals surface area contributed by atoms with E-state index in [-0.39, 0.29) is 16.2 Å². The van der Waals surface area contributed by atoms with Gasteiger partial charge in [0.25, 0.3) is 11.8 Å². The number of anilines is 2. The fourth-order valence-corrected chi connectivity index (χ4v) is 4.46. The number of nitrogens with zero attached hydrogens (tertiary/aromatic N) is 2. The molecular weight excluding hydrogens is 474 g/mol. The van der Waals surface area contributed by atoms with Crippen LogP contribution in [0.4, 0.5) is 11.4 Å². The molecule has 0 radical (unpaired) electrons. The van der Waals surface area contributed by atoms with E-state index in [9.17, 15) is 9.59 Å².